The summed E-state index contributed by atoms with van der Waals surface area (Å²) >= 11 is 0. The summed E-state index contributed by atoms with van der Waals surface area (Å²) in [7, 11) is 0. The molecule has 3 N–H and O–H groups in total. The maximum Gasteiger partial charge on any atom is 0.0659 e. The van der Waals surface area contributed by atoms with Gasteiger partial charge < -0.3 is 9.97 Å². The van der Waals surface area contributed by atoms with E-state index in [0.717, 1.165) is 17.6 Å². The Balaban J connectivity index is 1.31. The fraction of sp³-hybridized carbons (Fsp3) is 0.281. The lowest BCUT2D eigenvalue weighted by Crippen LogP contribution is -1.98. The van der Waals surface area contributed by atoms with E-state index in [1.165, 1.54) is 55.1 Å². The second-order valence-electron chi connectivity index (χ2n) is 10.9. The molecular weight excluding hydrogens is 440 g/mol. The van der Waals surface area contributed by atoms with E-state index in [2.05, 4.69) is 115 Å². The van der Waals surface area contributed by atoms with Gasteiger partial charge in [0.1, 0.15) is 0 Å². The van der Waals surface area contributed by atoms with Crippen molar-refractivity contribution in [2.75, 3.05) is 0 Å². The molecule has 182 valence electrons. The molecule has 0 bridgehead atoms. The van der Waals surface area contributed by atoms with Gasteiger partial charge in [-0.1, -0.05) is 58.9 Å². The molecule has 3 aromatic carbocycles. The smallest absolute Gasteiger partial charge is 0.0659 e. The van der Waals surface area contributed by atoms with Gasteiger partial charge >= 0.3 is 0 Å². The highest BCUT2D eigenvalue weighted by Gasteiger charge is 2.15. The average molecular weight is 475 g/mol. The van der Waals surface area contributed by atoms with E-state index in [1.807, 2.05) is 6.20 Å². The summed E-state index contributed by atoms with van der Waals surface area (Å²) < 4.78 is 0. The Morgan fingerprint density at radius 2 is 1.56 bits per heavy atom. The normalized spacial score (nSPS) is 13.1. The molecule has 6 rings (SSSR count). The van der Waals surface area contributed by atoms with Crippen molar-refractivity contribution < 1.29 is 0 Å². The lowest BCUT2D eigenvalue weighted by atomic mass is 9.95. The number of benzene rings is 3. The Morgan fingerprint density at radius 3 is 2.36 bits per heavy atom. The minimum atomic E-state index is 0.408. The standard InChI is InChI=1S/C32H34N4/c1-18(2)25-7-6-8-29-27(25)16-24(34-29)11-20(5)21-9-10-22-14-31(35-30(22)13-21)23-12-26(19(3)4)28-17-33-36-32(28)15-23/h6-10,12-20,34-35H,11H2,1-5H3,(H,33,36). The van der Waals surface area contributed by atoms with Crippen molar-refractivity contribution in [3.8, 4) is 11.3 Å². The molecule has 4 nitrogen and oxygen atoms in total. The number of fused-ring (bicyclic) bond motifs is 3. The summed E-state index contributed by atoms with van der Waals surface area (Å²) in [6.45, 7) is 11.3. The van der Waals surface area contributed by atoms with Crippen LogP contribution in [0.4, 0.5) is 0 Å². The van der Waals surface area contributed by atoms with E-state index < -0.39 is 0 Å². The third kappa shape index (κ3) is 3.91. The number of aromatic nitrogens is 4. The van der Waals surface area contributed by atoms with Gasteiger partial charge in [-0.3, -0.25) is 5.10 Å². The zero-order chi connectivity index (χ0) is 25.0. The van der Waals surface area contributed by atoms with Gasteiger partial charge in [-0.15, -0.1) is 0 Å². The van der Waals surface area contributed by atoms with Crippen LogP contribution in [-0.4, -0.2) is 20.2 Å². The summed E-state index contributed by atoms with van der Waals surface area (Å²) in [6, 6.07) is 22.6. The largest absolute Gasteiger partial charge is 0.358 e. The summed E-state index contributed by atoms with van der Waals surface area (Å²) in [5.41, 5.74) is 11.2. The van der Waals surface area contributed by atoms with Gasteiger partial charge in [0.2, 0.25) is 0 Å². The Labute approximate surface area is 212 Å². The number of nitrogens with one attached hydrogen (secondary N) is 3. The number of hydrogen-bond donors (Lipinski definition) is 3. The molecule has 0 aliphatic rings. The van der Waals surface area contributed by atoms with Crippen LogP contribution in [0.1, 0.15) is 74.8 Å². The third-order valence-electron chi connectivity index (χ3n) is 7.64. The van der Waals surface area contributed by atoms with Gasteiger partial charge in [-0.25, -0.2) is 0 Å². The molecule has 1 atom stereocenters. The Hall–Kier alpha value is -3.79. The molecule has 0 amide bonds. The quantitative estimate of drug-likeness (QED) is 0.222. The Bertz CT molecular complexity index is 1690. The van der Waals surface area contributed by atoms with Crippen molar-refractivity contribution in [2.45, 2.75) is 58.8 Å². The van der Waals surface area contributed by atoms with Crippen molar-refractivity contribution in [1.82, 2.24) is 20.2 Å². The van der Waals surface area contributed by atoms with Crippen molar-refractivity contribution >= 4 is 32.7 Å². The first kappa shape index (κ1) is 22.7. The molecule has 36 heavy (non-hydrogen) atoms. The zero-order valence-electron chi connectivity index (χ0n) is 21.7. The second-order valence-corrected chi connectivity index (χ2v) is 10.9. The first-order valence-electron chi connectivity index (χ1n) is 13.1. The molecule has 6 aromatic rings. The number of H-pyrrole nitrogens is 3. The summed E-state index contributed by atoms with van der Waals surface area (Å²) in [6.07, 6.45) is 2.92. The van der Waals surface area contributed by atoms with Gasteiger partial charge in [0.25, 0.3) is 0 Å². The monoisotopic (exact) mass is 474 g/mol. The van der Waals surface area contributed by atoms with Gasteiger partial charge in [-0.2, -0.15) is 5.10 Å². The minimum absolute atomic E-state index is 0.408. The van der Waals surface area contributed by atoms with Crippen LogP contribution in [0.3, 0.4) is 0 Å². The van der Waals surface area contributed by atoms with E-state index in [0.29, 0.717) is 17.8 Å². The highest BCUT2D eigenvalue weighted by Crippen LogP contribution is 2.34. The molecule has 3 aromatic heterocycles. The lowest BCUT2D eigenvalue weighted by Gasteiger charge is -2.11. The molecule has 4 heteroatoms. The van der Waals surface area contributed by atoms with Gasteiger partial charge in [0, 0.05) is 44.1 Å². The van der Waals surface area contributed by atoms with Gasteiger partial charge in [-0.05, 0) is 77.3 Å². The van der Waals surface area contributed by atoms with Crippen molar-refractivity contribution in [3.05, 3.63) is 89.2 Å². The van der Waals surface area contributed by atoms with Crippen molar-refractivity contribution in [2.24, 2.45) is 0 Å². The molecule has 0 spiro atoms. The van der Waals surface area contributed by atoms with Crippen LogP contribution in [0.25, 0.3) is 44.0 Å². The summed E-state index contributed by atoms with van der Waals surface area (Å²) in [5.74, 6) is 1.36. The SMILES string of the molecule is CC(C)c1cc(-c2cc3ccc(C(C)Cc4cc5c(C(C)C)cccc5[nH]4)cc3[nH]2)cc2[nH]ncc12. The molecule has 1 unspecified atom stereocenters. The highest BCUT2D eigenvalue weighted by atomic mass is 15.1. The molecule has 0 aliphatic carbocycles. The predicted octanol–water partition coefficient (Wildman–Crippen LogP) is 8.79. The summed E-state index contributed by atoms with van der Waals surface area (Å²) in [5, 5.41) is 11.2. The lowest BCUT2D eigenvalue weighted by molar-refractivity contribution is 0.747. The molecule has 0 aliphatic heterocycles. The van der Waals surface area contributed by atoms with E-state index in [4.69, 9.17) is 0 Å². The molecule has 0 fully saturated rings. The van der Waals surface area contributed by atoms with E-state index in [1.54, 1.807) is 0 Å². The highest BCUT2D eigenvalue weighted by molar-refractivity contribution is 5.91. The first-order valence-corrected chi connectivity index (χ1v) is 13.1. The second kappa shape index (κ2) is 8.70. The van der Waals surface area contributed by atoms with Crippen molar-refractivity contribution in [1.29, 1.82) is 0 Å². The molecule has 0 saturated heterocycles. The Kier molecular flexibility index (Phi) is 5.48. The fourth-order valence-corrected chi connectivity index (χ4v) is 5.62. The Morgan fingerprint density at radius 1 is 0.722 bits per heavy atom. The first-order chi connectivity index (χ1) is 17.4. The van der Waals surface area contributed by atoms with Crippen LogP contribution in [0.5, 0.6) is 0 Å². The fourth-order valence-electron chi connectivity index (χ4n) is 5.62. The third-order valence-corrected chi connectivity index (χ3v) is 7.64. The van der Waals surface area contributed by atoms with E-state index in [9.17, 15) is 0 Å². The van der Waals surface area contributed by atoms with Crippen LogP contribution < -0.4 is 0 Å². The topological polar surface area (TPSA) is 60.3 Å². The predicted molar refractivity (Wildman–Crippen MR) is 152 cm³/mol. The van der Waals surface area contributed by atoms with Crippen LogP contribution in [0, 0.1) is 0 Å². The number of aromatic amines is 3. The molecule has 0 saturated carbocycles. The summed E-state index contributed by atoms with van der Waals surface area (Å²) in [4.78, 5) is 7.36. The van der Waals surface area contributed by atoms with Gasteiger partial charge in [0.15, 0.2) is 0 Å². The van der Waals surface area contributed by atoms with E-state index >= 15 is 0 Å². The maximum absolute atomic E-state index is 4.28. The minimum Gasteiger partial charge on any atom is -0.358 e. The molecule has 0 radical (unpaired) electrons. The van der Waals surface area contributed by atoms with E-state index in [-0.39, 0.29) is 0 Å². The van der Waals surface area contributed by atoms with Crippen LogP contribution in [0.15, 0.2) is 66.9 Å². The number of hydrogen-bond acceptors (Lipinski definition) is 1. The average Bonchev–Trinajstić information content (AvgIpc) is 3.59. The molecular formula is C32H34N4. The number of rotatable bonds is 6. The van der Waals surface area contributed by atoms with Crippen LogP contribution in [0.2, 0.25) is 0 Å². The number of nitrogens with zero attached hydrogens (tertiary/aromatic N) is 1. The van der Waals surface area contributed by atoms with Crippen molar-refractivity contribution in [3.63, 3.8) is 0 Å². The molecule has 3 heterocycles. The van der Waals surface area contributed by atoms with Crippen LogP contribution in [-0.2, 0) is 6.42 Å². The maximum atomic E-state index is 4.28. The zero-order valence-corrected chi connectivity index (χ0v) is 21.7. The van der Waals surface area contributed by atoms with Crippen LogP contribution >= 0.6 is 0 Å². The van der Waals surface area contributed by atoms with Gasteiger partial charge in [0.05, 0.1) is 11.7 Å².